The van der Waals surface area contributed by atoms with Gasteiger partial charge in [0.25, 0.3) is 5.91 Å². The highest BCUT2D eigenvalue weighted by atomic mass is 19.1. The second kappa shape index (κ2) is 13.6. The van der Waals surface area contributed by atoms with Crippen LogP contribution in [0.5, 0.6) is 5.75 Å². The Morgan fingerprint density at radius 1 is 0.944 bits per heavy atom. The van der Waals surface area contributed by atoms with E-state index in [2.05, 4.69) is 48.7 Å². The van der Waals surface area contributed by atoms with Crippen molar-refractivity contribution < 1.29 is 19.1 Å². The molecule has 0 aliphatic rings. The predicted octanol–water partition coefficient (Wildman–Crippen LogP) is 5.58. The first-order valence-corrected chi connectivity index (χ1v) is 12.3. The number of carbonyl (C=O) groups is 1. The molecule has 3 aromatic carbocycles. The first-order chi connectivity index (χ1) is 17.4. The van der Waals surface area contributed by atoms with Gasteiger partial charge in [0.05, 0.1) is 0 Å². The van der Waals surface area contributed by atoms with Crippen LogP contribution in [0.4, 0.5) is 10.1 Å². The second-order valence-corrected chi connectivity index (χ2v) is 9.14. The molecular formula is C29H36FN3O3. The quantitative estimate of drug-likeness (QED) is 0.142. The zero-order chi connectivity index (χ0) is 25.9. The number of aryl methyl sites for hydroxylation is 3. The van der Waals surface area contributed by atoms with E-state index in [0.29, 0.717) is 24.3 Å². The second-order valence-electron chi connectivity index (χ2n) is 9.14. The summed E-state index contributed by atoms with van der Waals surface area (Å²) in [5.41, 5.74) is 7.42. The monoisotopic (exact) mass is 493 g/mol. The zero-order valence-electron chi connectivity index (χ0n) is 21.2. The van der Waals surface area contributed by atoms with Crippen LogP contribution in [-0.4, -0.2) is 23.7 Å². The molecule has 192 valence electrons. The van der Waals surface area contributed by atoms with Gasteiger partial charge in [0.15, 0.2) is 0 Å². The van der Waals surface area contributed by atoms with Crippen LogP contribution < -0.4 is 20.9 Å². The summed E-state index contributed by atoms with van der Waals surface area (Å²) in [6, 6.07) is 18.4. The lowest BCUT2D eigenvalue weighted by Crippen LogP contribution is -2.38. The molecule has 0 fully saturated rings. The van der Waals surface area contributed by atoms with Crippen molar-refractivity contribution in [1.82, 2.24) is 10.8 Å². The summed E-state index contributed by atoms with van der Waals surface area (Å²) >= 11 is 0. The molecule has 0 saturated heterocycles. The Balaban J connectivity index is 1.43. The minimum atomic E-state index is -0.603. The lowest BCUT2D eigenvalue weighted by Gasteiger charge is -2.18. The van der Waals surface area contributed by atoms with Gasteiger partial charge >= 0.3 is 0 Å². The Bertz CT molecular complexity index is 1110. The van der Waals surface area contributed by atoms with Crippen LogP contribution in [0.2, 0.25) is 0 Å². The van der Waals surface area contributed by atoms with Gasteiger partial charge < -0.3 is 15.4 Å². The molecule has 0 saturated carbocycles. The number of benzene rings is 3. The summed E-state index contributed by atoms with van der Waals surface area (Å²) in [7, 11) is 0. The Kier molecular flexibility index (Phi) is 10.3. The SMILES string of the molecule is Cc1cc(N[C@H](CCCCNCc2cc(C)c(OCc3ccccc3)c(C)c2)C(=O)NO)ccc1F. The summed E-state index contributed by atoms with van der Waals surface area (Å²) in [5, 5.41) is 15.6. The van der Waals surface area contributed by atoms with Crippen molar-refractivity contribution in [3.8, 4) is 5.75 Å². The van der Waals surface area contributed by atoms with E-state index in [4.69, 9.17) is 9.94 Å². The number of hydrogen-bond acceptors (Lipinski definition) is 5. The van der Waals surface area contributed by atoms with Crippen molar-refractivity contribution >= 4 is 11.6 Å². The molecule has 36 heavy (non-hydrogen) atoms. The van der Waals surface area contributed by atoms with Gasteiger partial charge in [-0.15, -0.1) is 0 Å². The van der Waals surface area contributed by atoms with E-state index >= 15 is 0 Å². The number of hydroxylamine groups is 1. The lowest BCUT2D eigenvalue weighted by atomic mass is 10.1. The van der Waals surface area contributed by atoms with Gasteiger partial charge in [-0.3, -0.25) is 10.0 Å². The molecule has 3 rings (SSSR count). The highest BCUT2D eigenvalue weighted by Gasteiger charge is 2.17. The topological polar surface area (TPSA) is 82.6 Å². The van der Waals surface area contributed by atoms with E-state index in [1.807, 2.05) is 18.2 Å². The summed E-state index contributed by atoms with van der Waals surface area (Å²) in [5.74, 6) is 0.125. The lowest BCUT2D eigenvalue weighted by molar-refractivity contribution is -0.130. The third-order valence-corrected chi connectivity index (χ3v) is 6.10. The van der Waals surface area contributed by atoms with Gasteiger partial charge in [-0.25, -0.2) is 9.87 Å². The minimum Gasteiger partial charge on any atom is -0.488 e. The Morgan fingerprint density at radius 2 is 1.67 bits per heavy atom. The average Bonchev–Trinajstić information content (AvgIpc) is 2.87. The van der Waals surface area contributed by atoms with Gasteiger partial charge in [0.2, 0.25) is 0 Å². The molecule has 0 unspecified atom stereocenters. The number of ether oxygens (including phenoxy) is 1. The fourth-order valence-corrected chi connectivity index (χ4v) is 4.21. The molecule has 4 N–H and O–H groups in total. The normalized spacial score (nSPS) is 11.7. The van der Waals surface area contributed by atoms with Crippen LogP contribution in [0.1, 0.15) is 47.1 Å². The molecule has 1 atom stereocenters. The molecule has 7 heteroatoms. The van der Waals surface area contributed by atoms with Crippen molar-refractivity contribution in [3.05, 3.63) is 94.3 Å². The largest absolute Gasteiger partial charge is 0.488 e. The molecule has 1 amide bonds. The van der Waals surface area contributed by atoms with Gasteiger partial charge in [-0.1, -0.05) is 42.5 Å². The molecule has 6 nitrogen and oxygen atoms in total. The van der Waals surface area contributed by atoms with Crippen molar-refractivity contribution in [2.24, 2.45) is 0 Å². The molecule has 3 aromatic rings. The van der Waals surface area contributed by atoms with Crippen LogP contribution >= 0.6 is 0 Å². The third kappa shape index (κ3) is 8.07. The highest BCUT2D eigenvalue weighted by molar-refractivity contribution is 5.83. The van der Waals surface area contributed by atoms with Crippen LogP contribution in [0.15, 0.2) is 60.7 Å². The number of anilines is 1. The number of unbranched alkanes of at least 4 members (excludes halogenated alkanes) is 1. The van der Waals surface area contributed by atoms with Gasteiger partial charge in [-0.05, 0) is 92.6 Å². The summed E-state index contributed by atoms with van der Waals surface area (Å²) < 4.78 is 19.6. The molecule has 0 spiro atoms. The first-order valence-electron chi connectivity index (χ1n) is 12.3. The van der Waals surface area contributed by atoms with E-state index in [0.717, 1.165) is 48.4 Å². The van der Waals surface area contributed by atoms with Crippen LogP contribution in [-0.2, 0) is 17.9 Å². The zero-order valence-corrected chi connectivity index (χ0v) is 21.2. The van der Waals surface area contributed by atoms with Gasteiger partial charge in [0.1, 0.15) is 24.2 Å². The molecule has 0 radical (unpaired) electrons. The van der Waals surface area contributed by atoms with Crippen molar-refractivity contribution in [3.63, 3.8) is 0 Å². The molecule has 0 heterocycles. The predicted molar refractivity (Wildman–Crippen MR) is 141 cm³/mol. The first kappa shape index (κ1) is 27.2. The van der Waals surface area contributed by atoms with E-state index in [9.17, 15) is 9.18 Å². The van der Waals surface area contributed by atoms with Crippen molar-refractivity contribution in [2.45, 2.75) is 59.2 Å². The minimum absolute atomic E-state index is 0.297. The Labute approximate surface area is 212 Å². The maximum Gasteiger partial charge on any atom is 0.265 e. The Hall–Kier alpha value is -3.42. The number of hydrogen-bond donors (Lipinski definition) is 4. The molecule has 0 aliphatic carbocycles. The maximum absolute atomic E-state index is 13.5. The molecule has 0 bridgehead atoms. The van der Waals surface area contributed by atoms with Crippen LogP contribution in [0.3, 0.4) is 0 Å². The third-order valence-electron chi connectivity index (χ3n) is 6.10. The highest BCUT2D eigenvalue weighted by Crippen LogP contribution is 2.26. The smallest absolute Gasteiger partial charge is 0.265 e. The summed E-state index contributed by atoms with van der Waals surface area (Å²) in [4.78, 5) is 12.1. The number of carbonyl (C=O) groups excluding carboxylic acids is 1. The number of nitrogens with one attached hydrogen (secondary N) is 3. The Morgan fingerprint density at radius 3 is 2.33 bits per heavy atom. The fourth-order valence-electron chi connectivity index (χ4n) is 4.21. The van der Waals surface area contributed by atoms with E-state index in [1.165, 1.54) is 11.6 Å². The molecule has 0 aromatic heterocycles. The van der Waals surface area contributed by atoms with E-state index in [1.54, 1.807) is 24.5 Å². The van der Waals surface area contributed by atoms with Crippen LogP contribution in [0, 0.1) is 26.6 Å². The van der Waals surface area contributed by atoms with E-state index < -0.39 is 11.9 Å². The number of rotatable bonds is 13. The van der Waals surface area contributed by atoms with Gasteiger partial charge in [-0.2, -0.15) is 0 Å². The maximum atomic E-state index is 13.5. The summed E-state index contributed by atoms with van der Waals surface area (Å²) in [6.07, 6.45) is 2.19. The summed E-state index contributed by atoms with van der Waals surface area (Å²) in [6.45, 7) is 7.89. The van der Waals surface area contributed by atoms with Gasteiger partial charge in [0, 0.05) is 12.2 Å². The molecule has 0 aliphatic heterocycles. The number of amides is 1. The van der Waals surface area contributed by atoms with Crippen molar-refractivity contribution in [1.29, 1.82) is 0 Å². The fraction of sp³-hybridized carbons (Fsp3) is 0.345. The number of halogens is 1. The van der Waals surface area contributed by atoms with E-state index in [-0.39, 0.29) is 5.82 Å². The van der Waals surface area contributed by atoms with Crippen molar-refractivity contribution in [2.75, 3.05) is 11.9 Å². The standard InChI is InChI=1S/C29H36FN3O3/c1-20-17-25(12-13-26(20)30)32-27(29(34)33-35)11-7-8-14-31-18-24-15-21(2)28(22(3)16-24)36-19-23-9-5-4-6-10-23/h4-6,9-10,12-13,15-17,27,31-32,35H,7-8,11,14,18-19H2,1-3H3,(H,33,34)/t27-/m1/s1. The molecular weight excluding hydrogens is 457 g/mol. The average molecular weight is 494 g/mol. The van der Waals surface area contributed by atoms with Crippen LogP contribution in [0.25, 0.3) is 0 Å².